The van der Waals surface area contributed by atoms with Crippen LogP contribution in [0.2, 0.25) is 0 Å². The summed E-state index contributed by atoms with van der Waals surface area (Å²) in [7, 11) is 0. The third kappa shape index (κ3) is 3.17. The normalized spacial score (nSPS) is 14.3. The molecule has 7 heterocycles. The van der Waals surface area contributed by atoms with Crippen LogP contribution < -0.4 is 32.8 Å². The Kier molecular flexibility index (Phi) is 5.08. The SMILES string of the molecule is Cc1ccc2c3ccc(C)c4c3n(c2c1)-c1c2c3c5c(c1C(F)(F)F)-n1c6cc(C)ccc6c6ccc(C)c(c61)B5c1c(C)ccc5c6ccc(C)c(c6n-3c15)B24. The lowest BCUT2D eigenvalue weighted by Gasteiger charge is -2.43. The summed E-state index contributed by atoms with van der Waals surface area (Å²) in [5.41, 5.74) is 19.1. The van der Waals surface area contributed by atoms with E-state index in [1.165, 1.54) is 0 Å². The Hall–Kier alpha value is -6.14. The van der Waals surface area contributed by atoms with E-state index in [-0.39, 0.29) is 11.4 Å². The van der Waals surface area contributed by atoms with Crippen LogP contribution >= 0.6 is 0 Å². The molecule has 0 N–H and O–H groups in total. The second kappa shape index (κ2) is 9.34. The number of hydrogen-bond donors (Lipinski definition) is 0. The van der Waals surface area contributed by atoms with Gasteiger partial charge in [0.1, 0.15) is 5.56 Å². The quantitative estimate of drug-likeness (QED) is 0.140. The Morgan fingerprint density at radius 2 is 0.719 bits per heavy atom. The van der Waals surface area contributed by atoms with Crippen molar-refractivity contribution in [3.63, 3.8) is 0 Å². The summed E-state index contributed by atoms with van der Waals surface area (Å²) >= 11 is 0. The molecule has 3 aromatic heterocycles. The minimum Gasteiger partial charge on any atom is -0.311 e. The Bertz CT molecular complexity index is 3480. The molecule has 4 aliphatic rings. The molecule has 0 saturated carbocycles. The summed E-state index contributed by atoms with van der Waals surface area (Å²) in [6.07, 6.45) is -4.70. The first-order valence-electron chi connectivity index (χ1n) is 19.9. The first-order valence-corrected chi connectivity index (χ1v) is 19.9. The highest BCUT2D eigenvalue weighted by atomic mass is 19.4. The highest BCUT2D eigenvalue weighted by molar-refractivity contribution is 7.05. The van der Waals surface area contributed by atoms with Crippen LogP contribution in [0.25, 0.3) is 82.5 Å². The Balaban J connectivity index is 1.38. The zero-order valence-corrected chi connectivity index (χ0v) is 32.2. The second-order valence-corrected chi connectivity index (χ2v) is 17.4. The molecule has 0 saturated heterocycles. The molecule has 7 aromatic carbocycles. The molecule has 4 aliphatic heterocycles. The van der Waals surface area contributed by atoms with Crippen molar-refractivity contribution in [1.82, 2.24) is 13.7 Å². The molecule has 57 heavy (non-hydrogen) atoms. The Morgan fingerprint density at radius 3 is 1.09 bits per heavy atom. The van der Waals surface area contributed by atoms with Crippen molar-refractivity contribution in [2.24, 2.45) is 0 Å². The number of fused-ring (bicyclic) bond motifs is 13. The van der Waals surface area contributed by atoms with Crippen molar-refractivity contribution < 1.29 is 13.2 Å². The standard InChI is InChI=1S/C49H32B2F3N3/c1-21-7-13-27-29-15-9-23(3)36-42(29)55(33(27)19-21)46-35(49(52,53)54)47-41-48-40(46)50(36)38-25(5)11-17-31-32-18-12-26(6)39(45(32)57(48)44(31)38)51(41)37-24(4)10-16-30-28-14-8-22(2)20-34(28)56(47)43(30)37/h7-20H,1-6H3. The first-order chi connectivity index (χ1) is 27.5. The molecule has 270 valence electrons. The van der Waals surface area contributed by atoms with E-state index < -0.39 is 25.2 Å². The second-order valence-electron chi connectivity index (χ2n) is 17.4. The van der Waals surface area contributed by atoms with Crippen LogP contribution in [0.5, 0.6) is 0 Å². The van der Waals surface area contributed by atoms with Gasteiger partial charge in [-0.05, 0) is 97.6 Å². The molecule has 0 radical (unpaired) electrons. The van der Waals surface area contributed by atoms with Gasteiger partial charge in [-0.2, -0.15) is 13.2 Å². The molecular weight excluding hydrogens is 709 g/mol. The monoisotopic (exact) mass is 741 g/mol. The lowest BCUT2D eigenvalue weighted by molar-refractivity contribution is -0.137. The van der Waals surface area contributed by atoms with Crippen LogP contribution in [0.4, 0.5) is 13.2 Å². The van der Waals surface area contributed by atoms with E-state index >= 15 is 13.2 Å². The van der Waals surface area contributed by atoms with E-state index in [9.17, 15) is 0 Å². The van der Waals surface area contributed by atoms with Gasteiger partial charge < -0.3 is 13.7 Å². The van der Waals surface area contributed by atoms with Gasteiger partial charge in [0.25, 0.3) is 13.4 Å². The molecule has 0 bridgehead atoms. The van der Waals surface area contributed by atoms with Gasteiger partial charge >= 0.3 is 6.18 Å². The molecule has 14 rings (SSSR count). The van der Waals surface area contributed by atoms with Gasteiger partial charge in [-0.1, -0.05) is 95.1 Å². The average molecular weight is 741 g/mol. The molecule has 8 heteroatoms. The number of nitrogens with zero attached hydrogens (tertiary/aromatic N) is 3. The van der Waals surface area contributed by atoms with Crippen LogP contribution in [-0.2, 0) is 6.18 Å². The topological polar surface area (TPSA) is 14.8 Å². The molecule has 0 amide bonds. The zero-order chi connectivity index (χ0) is 38.5. The van der Waals surface area contributed by atoms with Gasteiger partial charge in [-0.25, -0.2) is 0 Å². The third-order valence-electron chi connectivity index (χ3n) is 14.5. The molecule has 10 aromatic rings. The lowest BCUT2D eigenvalue weighted by atomic mass is 9.28. The van der Waals surface area contributed by atoms with Gasteiger partial charge in [0, 0.05) is 60.1 Å². The average Bonchev–Trinajstić information content (AvgIpc) is 3.80. The van der Waals surface area contributed by atoms with Crippen molar-refractivity contribution in [3.8, 4) is 17.1 Å². The number of alkyl halides is 3. The highest BCUT2D eigenvalue weighted by Crippen LogP contribution is 2.49. The van der Waals surface area contributed by atoms with Gasteiger partial charge in [0.05, 0.1) is 22.4 Å². The number of hydrogen-bond acceptors (Lipinski definition) is 0. The summed E-state index contributed by atoms with van der Waals surface area (Å²) in [6, 6.07) is 30.1. The van der Waals surface area contributed by atoms with Crippen molar-refractivity contribution in [1.29, 1.82) is 0 Å². The van der Waals surface area contributed by atoms with E-state index in [4.69, 9.17) is 0 Å². The van der Waals surface area contributed by atoms with E-state index in [1.807, 2.05) is 23.0 Å². The van der Waals surface area contributed by atoms with Crippen molar-refractivity contribution in [2.75, 3.05) is 0 Å². The fourth-order valence-corrected chi connectivity index (χ4v) is 12.4. The van der Waals surface area contributed by atoms with Gasteiger partial charge in [-0.3, -0.25) is 0 Å². The van der Waals surface area contributed by atoms with E-state index in [0.717, 1.165) is 137 Å². The molecular formula is C49H32B2F3N3. The molecule has 0 unspecified atom stereocenters. The van der Waals surface area contributed by atoms with Crippen LogP contribution in [0.3, 0.4) is 0 Å². The molecule has 3 nitrogen and oxygen atoms in total. The molecule has 0 spiro atoms. The maximum absolute atomic E-state index is 17.2. The first kappa shape index (κ1) is 31.0. The van der Waals surface area contributed by atoms with Crippen molar-refractivity contribution >= 4 is 112 Å². The van der Waals surface area contributed by atoms with Gasteiger partial charge in [0.2, 0.25) is 0 Å². The number of halogens is 3. The summed E-state index contributed by atoms with van der Waals surface area (Å²) in [4.78, 5) is 0. The van der Waals surface area contributed by atoms with Crippen LogP contribution in [-0.4, -0.2) is 27.1 Å². The molecule has 0 fully saturated rings. The van der Waals surface area contributed by atoms with Crippen molar-refractivity contribution in [2.45, 2.75) is 47.7 Å². The summed E-state index contributed by atoms with van der Waals surface area (Å²) in [5, 5.41) is 6.26. The summed E-state index contributed by atoms with van der Waals surface area (Å²) in [6.45, 7) is 11.9. The van der Waals surface area contributed by atoms with E-state index in [2.05, 4.69) is 117 Å². The third-order valence-corrected chi connectivity index (χ3v) is 14.5. The fourth-order valence-electron chi connectivity index (χ4n) is 12.4. The Morgan fingerprint density at radius 1 is 0.386 bits per heavy atom. The lowest BCUT2D eigenvalue weighted by Crippen LogP contribution is -2.68. The largest absolute Gasteiger partial charge is 0.420 e. The van der Waals surface area contributed by atoms with Crippen LogP contribution in [0.1, 0.15) is 38.9 Å². The van der Waals surface area contributed by atoms with Gasteiger partial charge in [0.15, 0.2) is 0 Å². The number of aryl methyl sites for hydroxylation is 6. The predicted molar refractivity (Wildman–Crippen MR) is 232 cm³/mol. The maximum atomic E-state index is 17.2. The van der Waals surface area contributed by atoms with Gasteiger partial charge in [-0.15, -0.1) is 0 Å². The Labute approximate surface area is 326 Å². The predicted octanol–water partition coefficient (Wildman–Crippen LogP) is 8.13. The van der Waals surface area contributed by atoms with Crippen LogP contribution in [0.15, 0.2) is 84.9 Å². The number of aromatic nitrogens is 3. The van der Waals surface area contributed by atoms with E-state index in [1.54, 1.807) is 0 Å². The minimum atomic E-state index is -4.70. The van der Waals surface area contributed by atoms with E-state index in [0.29, 0.717) is 0 Å². The zero-order valence-electron chi connectivity index (χ0n) is 32.2. The summed E-state index contributed by atoms with van der Waals surface area (Å²) in [5.74, 6) is 0. The van der Waals surface area contributed by atoms with Crippen molar-refractivity contribution in [3.05, 3.63) is 124 Å². The number of benzene rings is 7. The number of rotatable bonds is 0. The summed E-state index contributed by atoms with van der Waals surface area (Å²) < 4.78 is 58.0. The molecule has 0 aliphatic carbocycles. The van der Waals surface area contributed by atoms with Crippen LogP contribution in [0, 0.1) is 41.5 Å². The molecule has 0 atom stereocenters. The minimum absolute atomic E-state index is 0.280. The smallest absolute Gasteiger partial charge is 0.311 e. The fraction of sp³-hybridized carbons (Fsp3) is 0.143. The highest BCUT2D eigenvalue weighted by Gasteiger charge is 2.54. The maximum Gasteiger partial charge on any atom is 0.420 e.